The van der Waals surface area contributed by atoms with E-state index in [1.165, 1.54) is 0 Å². The number of aromatic nitrogens is 2. The molecule has 90 valence electrons. The standard InChI is InChI=1S/C13H9BrN2O2/c1-7(2)10-11(14)15-12-13(17)18-9-6-4-3-5-8(9)16(10)12/h3-6H,1H2,2H3. The highest BCUT2D eigenvalue weighted by Crippen LogP contribution is 2.26. The lowest BCUT2D eigenvalue weighted by Crippen LogP contribution is -2.06. The van der Waals surface area contributed by atoms with Gasteiger partial charge in [0.25, 0.3) is 0 Å². The van der Waals surface area contributed by atoms with E-state index in [1.807, 2.05) is 25.1 Å². The fourth-order valence-corrected chi connectivity index (χ4v) is 2.69. The summed E-state index contributed by atoms with van der Waals surface area (Å²) < 4.78 is 7.60. The van der Waals surface area contributed by atoms with E-state index in [9.17, 15) is 4.79 Å². The van der Waals surface area contributed by atoms with Crippen LogP contribution in [-0.2, 0) is 0 Å². The molecule has 0 radical (unpaired) electrons. The Morgan fingerprint density at radius 2 is 2.17 bits per heavy atom. The lowest BCUT2D eigenvalue weighted by atomic mass is 10.2. The van der Waals surface area contributed by atoms with Crippen molar-refractivity contribution in [3.63, 3.8) is 0 Å². The van der Waals surface area contributed by atoms with Gasteiger partial charge in [-0.05, 0) is 40.6 Å². The van der Waals surface area contributed by atoms with Gasteiger partial charge >= 0.3 is 5.63 Å². The highest BCUT2D eigenvalue weighted by atomic mass is 79.9. The molecule has 3 aromatic rings. The van der Waals surface area contributed by atoms with E-state index in [0.29, 0.717) is 10.2 Å². The van der Waals surface area contributed by atoms with Crippen molar-refractivity contribution in [2.45, 2.75) is 6.92 Å². The highest BCUT2D eigenvalue weighted by Gasteiger charge is 2.16. The first-order valence-electron chi connectivity index (χ1n) is 5.35. The second-order valence-electron chi connectivity index (χ2n) is 4.05. The Kier molecular flexibility index (Phi) is 2.38. The van der Waals surface area contributed by atoms with Crippen molar-refractivity contribution in [2.24, 2.45) is 0 Å². The van der Waals surface area contributed by atoms with Crippen molar-refractivity contribution in [2.75, 3.05) is 0 Å². The number of rotatable bonds is 1. The summed E-state index contributed by atoms with van der Waals surface area (Å²) in [6.07, 6.45) is 0. The number of benzene rings is 1. The van der Waals surface area contributed by atoms with Crippen LogP contribution in [0.4, 0.5) is 0 Å². The predicted molar refractivity (Wildman–Crippen MR) is 73.6 cm³/mol. The zero-order valence-electron chi connectivity index (χ0n) is 9.61. The van der Waals surface area contributed by atoms with Gasteiger partial charge in [-0.3, -0.25) is 4.40 Å². The molecule has 0 amide bonds. The minimum Gasteiger partial charge on any atom is -0.418 e. The summed E-state index contributed by atoms with van der Waals surface area (Å²) in [5, 5.41) is 0. The fourth-order valence-electron chi connectivity index (χ4n) is 2.01. The zero-order chi connectivity index (χ0) is 12.9. The monoisotopic (exact) mass is 304 g/mol. The van der Waals surface area contributed by atoms with Crippen LogP contribution >= 0.6 is 15.9 Å². The van der Waals surface area contributed by atoms with Crippen LogP contribution in [0, 0.1) is 0 Å². The van der Waals surface area contributed by atoms with Crippen molar-refractivity contribution in [3.05, 3.63) is 51.6 Å². The number of imidazole rings is 1. The number of para-hydroxylation sites is 2. The number of halogens is 1. The molecule has 4 nitrogen and oxygen atoms in total. The van der Waals surface area contributed by atoms with Gasteiger partial charge in [0.15, 0.2) is 5.58 Å². The average molecular weight is 305 g/mol. The molecule has 2 aromatic heterocycles. The lowest BCUT2D eigenvalue weighted by molar-refractivity contribution is 0.560. The Labute approximate surface area is 111 Å². The number of hydrogen-bond donors (Lipinski definition) is 0. The van der Waals surface area contributed by atoms with E-state index in [4.69, 9.17) is 4.42 Å². The molecule has 0 atom stereocenters. The Balaban J connectivity index is 2.69. The van der Waals surface area contributed by atoms with Crippen LogP contribution in [0.5, 0.6) is 0 Å². The molecule has 5 heteroatoms. The van der Waals surface area contributed by atoms with Gasteiger partial charge in [0, 0.05) is 0 Å². The normalized spacial score (nSPS) is 11.2. The van der Waals surface area contributed by atoms with E-state index in [2.05, 4.69) is 27.5 Å². The molecule has 3 rings (SSSR count). The topological polar surface area (TPSA) is 47.5 Å². The van der Waals surface area contributed by atoms with E-state index in [-0.39, 0.29) is 5.65 Å². The number of allylic oxidation sites excluding steroid dienone is 1. The van der Waals surface area contributed by atoms with Gasteiger partial charge in [0.2, 0.25) is 5.65 Å². The van der Waals surface area contributed by atoms with Gasteiger partial charge in [-0.25, -0.2) is 9.78 Å². The molecule has 0 saturated carbocycles. The van der Waals surface area contributed by atoms with Crippen LogP contribution in [0.1, 0.15) is 12.6 Å². The average Bonchev–Trinajstić information content (AvgIpc) is 2.67. The minimum absolute atomic E-state index is 0.263. The van der Waals surface area contributed by atoms with Gasteiger partial charge in [0.1, 0.15) is 4.60 Å². The molecule has 18 heavy (non-hydrogen) atoms. The Morgan fingerprint density at radius 3 is 2.89 bits per heavy atom. The minimum atomic E-state index is -0.457. The van der Waals surface area contributed by atoms with E-state index in [0.717, 1.165) is 16.8 Å². The Bertz CT molecular complexity index is 845. The summed E-state index contributed by atoms with van der Waals surface area (Å²) in [6.45, 7) is 5.79. The first-order valence-corrected chi connectivity index (χ1v) is 6.14. The van der Waals surface area contributed by atoms with Crippen molar-refractivity contribution in [1.82, 2.24) is 9.38 Å². The molecular weight excluding hydrogens is 296 g/mol. The molecule has 1 aromatic carbocycles. The Hall–Kier alpha value is -1.88. The van der Waals surface area contributed by atoms with Gasteiger partial charge < -0.3 is 4.42 Å². The molecule has 0 spiro atoms. The zero-order valence-corrected chi connectivity index (χ0v) is 11.2. The summed E-state index contributed by atoms with van der Waals surface area (Å²) in [6, 6.07) is 7.35. The number of fused-ring (bicyclic) bond motifs is 3. The van der Waals surface area contributed by atoms with Gasteiger partial charge in [-0.1, -0.05) is 18.7 Å². The second-order valence-corrected chi connectivity index (χ2v) is 4.80. The fraction of sp³-hybridized carbons (Fsp3) is 0.0769. The van der Waals surface area contributed by atoms with Crippen LogP contribution < -0.4 is 5.63 Å². The molecule has 0 aliphatic heterocycles. The van der Waals surface area contributed by atoms with Gasteiger partial charge in [0.05, 0.1) is 11.2 Å². The molecule has 0 saturated heterocycles. The smallest absolute Gasteiger partial charge is 0.380 e. The molecule has 0 fully saturated rings. The maximum atomic E-state index is 11.9. The van der Waals surface area contributed by atoms with Crippen LogP contribution in [0.2, 0.25) is 0 Å². The summed E-state index contributed by atoms with van der Waals surface area (Å²) in [7, 11) is 0. The SMILES string of the molecule is C=C(C)c1c(Br)nc2c(=O)oc3ccccc3n12. The summed E-state index contributed by atoms with van der Waals surface area (Å²) in [4.78, 5) is 16.1. The van der Waals surface area contributed by atoms with E-state index >= 15 is 0 Å². The van der Waals surface area contributed by atoms with E-state index < -0.39 is 5.63 Å². The molecule has 0 N–H and O–H groups in total. The Morgan fingerprint density at radius 1 is 1.44 bits per heavy atom. The lowest BCUT2D eigenvalue weighted by Gasteiger charge is -2.04. The third kappa shape index (κ3) is 1.44. The highest BCUT2D eigenvalue weighted by molar-refractivity contribution is 9.10. The first-order chi connectivity index (χ1) is 8.59. The number of nitrogens with zero attached hydrogens (tertiary/aromatic N) is 2. The molecule has 0 unspecified atom stereocenters. The van der Waals surface area contributed by atoms with E-state index in [1.54, 1.807) is 10.5 Å². The molecule has 0 bridgehead atoms. The third-order valence-corrected chi connectivity index (χ3v) is 3.28. The van der Waals surface area contributed by atoms with Crippen LogP contribution in [0.15, 0.2) is 44.7 Å². The van der Waals surface area contributed by atoms with Crippen molar-refractivity contribution in [1.29, 1.82) is 0 Å². The van der Waals surface area contributed by atoms with Crippen molar-refractivity contribution < 1.29 is 4.42 Å². The quantitative estimate of drug-likeness (QED) is 0.693. The predicted octanol–water partition coefficient (Wildman–Crippen LogP) is 3.24. The van der Waals surface area contributed by atoms with Crippen LogP contribution in [-0.4, -0.2) is 9.38 Å². The van der Waals surface area contributed by atoms with Crippen molar-refractivity contribution in [3.8, 4) is 0 Å². The maximum absolute atomic E-state index is 11.9. The summed E-state index contributed by atoms with van der Waals surface area (Å²) in [5.74, 6) is 0. The van der Waals surface area contributed by atoms with Crippen LogP contribution in [0.3, 0.4) is 0 Å². The van der Waals surface area contributed by atoms with Crippen LogP contribution in [0.25, 0.3) is 22.3 Å². The molecule has 0 aliphatic rings. The summed E-state index contributed by atoms with van der Waals surface area (Å²) >= 11 is 3.36. The van der Waals surface area contributed by atoms with Crippen molar-refractivity contribution >= 4 is 38.2 Å². The molecule has 0 aliphatic carbocycles. The van der Waals surface area contributed by atoms with Gasteiger partial charge in [-0.2, -0.15) is 0 Å². The largest absolute Gasteiger partial charge is 0.418 e. The number of hydrogen-bond acceptors (Lipinski definition) is 3. The second kappa shape index (κ2) is 3.81. The van der Waals surface area contributed by atoms with Gasteiger partial charge in [-0.15, -0.1) is 0 Å². The maximum Gasteiger partial charge on any atom is 0.380 e. The molecule has 2 heterocycles. The molecular formula is C13H9BrN2O2. The first kappa shape index (κ1) is 11.2. The summed E-state index contributed by atoms with van der Waals surface area (Å²) in [5.41, 5.74) is 2.74. The third-order valence-electron chi connectivity index (χ3n) is 2.73.